The Kier molecular flexibility index (Phi) is 12.3. The Morgan fingerprint density at radius 3 is 2.38 bits per heavy atom. The smallest absolute Gasteiger partial charge is 0.251 e. The summed E-state index contributed by atoms with van der Waals surface area (Å²) in [6.45, 7) is 15.4. The van der Waals surface area contributed by atoms with Gasteiger partial charge in [0.25, 0.3) is 5.91 Å². The summed E-state index contributed by atoms with van der Waals surface area (Å²) < 4.78 is 6.22. The summed E-state index contributed by atoms with van der Waals surface area (Å²) in [6, 6.07) is 19.3. The first kappa shape index (κ1) is 41.7. The number of amides is 2. The third kappa shape index (κ3) is 8.35. The van der Waals surface area contributed by atoms with Gasteiger partial charge in [-0.1, -0.05) is 77.9 Å². The zero-order chi connectivity index (χ0) is 40.7. The molecule has 56 heavy (non-hydrogen) atoms. The molecule has 3 aliphatic carbocycles. The number of ether oxygens (including phenoxy) is 1. The summed E-state index contributed by atoms with van der Waals surface area (Å²) in [5.41, 5.74) is 6.01. The highest BCUT2D eigenvalue weighted by molar-refractivity contribution is 5.97. The van der Waals surface area contributed by atoms with Gasteiger partial charge in [0.2, 0.25) is 5.91 Å². The number of carbonyl (C=O) groups is 2. The lowest BCUT2D eigenvalue weighted by atomic mass is 9.45. The van der Waals surface area contributed by atoms with Gasteiger partial charge in [-0.25, -0.2) is 0 Å². The molecule has 2 bridgehead atoms. The third-order valence-corrected chi connectivity index (χ3v) is 13.2. The lowest BCUT2D eigenvalue weighted by Crippen LogP contribution is -2.62. The van der Waals surface area contributed by atoms with E-state index in [4.69, 9.17) is 9.57 Å². The number of nitrogens with one attached hydrogen (secondary N) is 2. The van der Waals surface area contributed by atoms with Crippen molar-refractivity contribution >= 4 is 17.5 Å². The number of hydrogen-bond acceptors (Lipinski definition) is 8. The van der Waals surface area contributed by atoms with Crippen LogP contribution in [0, 0.1) is 29.1 Å². The Balaban J connectivity index is 1.35. The zero-order valence-electron chi connectivity index (χ0n) is 35.1. The molecule has 1 heterocycles. The number of nitrogens with zero attached hydrogens (tertiary/aromatic N) is 2. The zero-order valence-corrected chi connectivity index (χ0v) is 35.1. The van der Waals surface area contributed by atoms with Crippen LogP contribution in [0.3, 0.4) is 0 Å². The summed E-state index contributed by atoms with van der Waals surface area (Å²) in [5.74, 6) is 1.03. The van der Waals surface area contributed by atoms with E-state index in [0.717, 1.165) is 46.3 Å². The number of benzene rings is 3. The molecule has 1 unspecified atom stereocenters. The van der Waals surface area contributed by atoms with Crippen LogP contribution >= 0.6 is 0 Å². The second kappa shape index (κ2) is 16.5. The van der Waals surface area contributed by atoms with Gasteiger partial charge in [0.1, 0.15) is 17.9 Å². The molecular formula is C46H64N4O6. The molecular weight excluding hydrogens is 705 g/mol. The maximum absolute atomic E-state index is 14.4. The number of rotatable bonds is 13. The fourth-order valence-corrected chi connectivity index (χ4v) is 9.57. The van der Waals surface area contributed by atoms with Crippen LogP contribution in [0.5, 0.6) is 5.75 Å². The van der Waals surface area contributed by atoms with Crippen LogP contribution in [0.15, 0.2) is 60.7 Å². The number of aliphatic hydroxyl groups is 2. The SMILES string of the molecule is COc1c(CN2O[C@@H](CO)[C@@H]([C@H](C)O)[C@H]2C(=O)NC2C[C@H]3C[C@H]([C@@H]2C)C3(C)C)cc(C(C)(C)C)cc1-c1cc(C(=O)NCCc2ccccc2)cc(N(C)C)c1. The maximum Gasteiger partial charge on any atom is 0.251 e. The summed E-state index contributed by atoms with van der Waals surface area (Å²) in [5, 5.41) is 29.7. The van der Waals surface area contributed by atoms with E-state index in [1.165, 1.54) is 6.42 Å². The van der Waals surface area contributed by atoms with Crippen LogP contribution < -0.4 is 20.3 Å². The van der Waals surface area contributed by atoms with Gasteiger partial charge in [-0.15, -0.1) is 0 Å². The lowest BCUT2D eigenvalue weighted by Gasteiger charge is -2.62. The highest BCUT2D eigenvalue weighted by Crippen LogP contribution is 2.61. The molecule has 4 aliphatic rings. The van der Waals surface area contributed by atoms with Crippen molar-refractivity contribution in [3.05, 3.63) is 82.9 Å². The van der Waals surface area contributed by atoms with Crippen molar-refractivity contribution in [2.24, 2.45) is 29.1 Å². The topological polar surface area (TPSA) is 124 Å². The van der Waals surface area contributed by atoms with Gasteiger partial charge in [0.05, 0.1) is 26.4 Å². The van der Waals surface area contributed by atoms with Gasteiger partial charge >= 0.3 is 0 Å². The molecule has 2 amide bonds. The van der Waals surface area contributed by atoms with Crippen molar-refractivity contribution in [3.63, 3.8) is 0 Å². The molecule has 7 rings (SSSR count). The molecule has 10 nitrogen and oxygen atoms in total. The first-order valence-corrected chi connectivity index (χ1v) is 20.3. The second-order valence-corrected chi connectivity index (χ2v) is 18.4. The van der Waals surface area contributed by atoms with Crippen molar-refractivity contribution in [3.8, 4) is 16.9 Å². The first-order valence-electron chi connectivity index (χ1n) is 20.3. The molecule has 3 aromatic rings. The molecule has 3 saturated carbocycles. The Morgan fingerprint density at radius 1 is 1.07 bits per heavy atom. The number of hydroxylamine groups is 2. The standard InChI is InChI=1S/C46H64N4O6/c1-27-37-23-34(46(37,6)7)24-38(27)48-44(54)41-40(28(2)52)39(26-51)56-50(41)25-32-19-33(45(3,4)5)22-36(42(32)55-10)30-18-31(21-35(20-30)49(8)9)43(53)47-17-16-29-14-12-11-13-15-29/h11-15,18-22,27-28,34,37-41,51-52H,16-17,23-26H2,1-10H3,(H,47,53)(H,48,54)/t27-,28-,34+,37+,38?,39-,40+,41-/m0/s1. The fraction of sp³-hybridized carbons (Fsp3) is 0.565. The van der Waals surface area contributed by atoms with E-state index in [1.54, 1.807) is 19.1 Å². The van der Waals surface area contributed by atoms with Gasteiger partial charge in [-0.05, 0) is 95.7 Å². The third-order valence-electron chi connectivity index (χ3n) is 13.2. The Morgan fingerprint density at radius 2 is 1.79 bits per heavy atom. The summed E-state index contributed by atoms with van der Waals surface area (Å²) in [4.78, 5) is 36.5. The maximum atomic E-state index is 14.4. The number of fused-ring (bicyclic) bond motifs is 2. The highest BCUT2D eigenvalue weighted by atomic mass is 16.7. The van der Waals surface area contributed by atoms with E-state index in [9.17, 15) is 19.8 Å². The van der Waals surface area contributed by atoms with Crippen molar-refractivity contribution in [2.45, 2.75) is 104 Å². The van der Waals surface area contributed by atoms with Crippen LogP contribution in [0.4, 0.5) is 5.69 Å². The van der Waals surface area contributed by atoms with E-state index in [-0.39, 0.29) is 41.8 Å². The average molecular weight is 769 g/mol. The van der Waals surface area contributed by atoms with E-state index >= 15 is 0 Å². The van der Waals surface area contributed by atoms with Crippen molar-refractivity contribution in [1.29, 1.82) is 0 Å². The van der Waals surface area contributed by atoms with Crippen LogP contribution in [-0.2, 0) is 28.0 Å². The molecule has 1 saturated heterocycles. The van der Waals surface area contributed by atoms with Crippen LogP contribution in [0.1, 0.15) is 88.4 Å². The molecule has 3 aromatic carbocycles. The minimum Gasteiger partial charge on any atom is -0.496 e. The summed E-state index contributed by atoms with van der Waals surface area (Å²) in [7, 11) is 5.54. The van der Waals surface area contributed by atoms with Crippen molar-refractivity contribution in [2.75, 3.05) is 39.3 Å². The second-order valence-electron chi connectivity index (χ2n) is 18.4. The summed E-state index contributed by atoms with van der Waals surface area (Å²) in [6.07, 6.45) is 1.18. The van der Waals surface area contributed by atoms with Gasteiger partial charge < -0.3 is 30.5 Å². The van der Waals surface area contributed by atoms with E-state index in [1.807, 2.05) is 49.3 Å². The highest BCUT2D eigenvalue weighted by Gasteiger charge is 2.57. The van der Waals surface area contributed by atoms with Crippen LogP contribution in [0.2, 0.25) is 0 Å². The number of hydrogen-bond donors (Lipinski definition) is 4. The number of carbonyl (C=O) groups excluding carboxylic acids is 2. The molecule has 0 radical (unpaired) electrons. The van der Waals surface area contributed by atoms with Crippen LogP contribution in [0.25, 0.3) is 11.1 Å². The molecule has 1 aliphatic heterocycles. The Labute approximate surface area is 333 Å². The molecule has 0 spiro atoms. The number of aliphatic hydroxyl groups excluding tert-OH is 2. The Hall–Kier alpha value is -3.96. The summed E-state index contributed by atoms with van der Waals surface area (Å²) >= 11 is 0. The minimum atomic E-state index is -0.909. The average Bonchev–Trinajstić information content (AvgIpc) is 3.53. The normalized spacial score (nSPS) is 26.2. The molecule has 0 aromatic heterocycles. The first-order chi connectivity index (χ1) is 26.4. The van der Waals surface area contributed by atoms with Crippen molar-refractivity contribution < 1.29 is 29.4 Å². The molecule has 8 atom stereocenters. The molecule has 10 heteroatoms. The monoisotopic (exact) mass is 768 g/mol. The molecule has 4 N–H and O–H groups in total. The quantitative estimate of drug-likeness (QED) is 0.159. The largest absolute Gasteiger partial charge is 0.496 e. The van der Waals surface area contributed by atoms with E-state index in [2.05, 4.69) is 82.5 Å². The van der Waals surface area contributed by atoms with Gasteiger partial charge in [-0.2, -0.15) is 5.06 Å². The predicted molar refractivity (Wildman–Crippen MR) is 221 cm³/mol. The minimum absolute atomic E-state index is 0.0306. The van der Waals surface area contributed by atoms with E-state index in [0.29, 0.717) is 35.6 Å². The van der Waals surface area contributed by atoms with Crippen molar-refractivity contribution in [1.82, 2.24) is 15.7 Å². The Bertz CT molecular complexity index is 1870. The van der Waals surface area contributed by atoms with Gasteiger partial charge in [0, 0.05) is 55.0 Å². The van der Waals surface area contributed by atoms with Gasteiger partial charge in [0.15, 0.2) is 0 Å². The molecule has 304 valence electrons. The van der Waals surface area contributed by atoms with Crippen LogP contribution in [-0.4, -0.2) is 85.7 Å². The molecule has 4 fully saturated rings. The fourth-order valence-electron chi connectivity index (χ4n) is 9.57. The predicted octanol–water partition coefficient (Wildman–Crippen LogP) is 6.36. The van der Waals surface area contributed by atoms with Gasteiger partial charge in [-0.3, -0.25) is 14.4 Å². The number of methoxy groups -OCH3 is 1. The lowest BCUT2D eigenvalue weighted by molar-refractivity contribution is -0.183. The number of anilines is 1. The van der Waals surface area contributed by atoms with E-state index < -0.39 is 24.2 Å².